The topological polar surface area (TPSA) is 138 Å². The van der Waals surface area contributed by atoms with E-state index >= 15 is 0 Å². The van der Waals surface area contributed by atoms with Crippen LogP contribution in [0.2, 0.25) is 0 Å². The summed E-state index contributed by atoms with van der Waals surface area (Å²) in [4.78, 5) is 2.64. The predicted octanol–water partition coefficient (Wildman–Crippen LogP) is 5.09. The van der Waals surface area contributed by atoms with Crippen molar-refractivity contribution < 1.29 is 30.3 Å². The third kappa shape index (κ3) is 4.51. The van der Waals surface area contributed by atoms with Crippen LogP contribution >= 0.6 is 0 Å². The van der Waals surface area contributed by atoms with Crippen LogP contribution in [0.5, 0.6) is 17.2 Å². The molecule has 0 aliphatic heterocycles. The maximum absolute atomic E-state index is 13.0. The van der Waals surface area contributed by atoms with E-state index in [2.05, 4.69) is 4.98 Å². The van der Waals surface area contributed by atoms with Gasteiger partial charge in [0.15, 0.2) is 4.98 Å². The van der Waals surface area contributed by atoms with Gasteiger partial charge in [-0.1, -0.05) is 48.5 Å². The van der Waals surface area contributed by atoms with Crippen molar-refractivity contribution in [1.82, 2.24) is 0 Å². The highest BCUT2D eigenvalue weighted by molar-refractivity contribution is 7.87. The second kappa shape index (κ2) is 9.09. The molecule has 184 valence electrons. The first-order chi connectivity index (χ1) is 17.7. The van der Waals surface area contributed by atoms with Crippen molar-refractivity contribution in [1.29, 1.82) is 5.39 Å². The van der Waals surface area contributed by atoms with Crippen LogP contribution < -0.4 is 13.5 Å². The van der Waals surface area contributed by atoms with Gasteiger partial charge in [-0.15, -0.1) is 0 Å². The average molecular weight is 533 g/mol. The zero-order valence-electron chi connectivity index (χ0n) is 18.8. The Labute approximate surface area is 212 Å². The molecule has 0 N–H and O–H groups in total. The van der Waals surface area contributed by atoms with E-state index in [9.17, 15) is 21.9 Å². The highest BCUT2D eigenvalue weighted by Gasteiger charge is 2.23. The Kier molecular flexibility index (Phi) is 5.91. The predicted molar refractivity (Wildman–Crippen MR) is 134 cm³/mol. The van der Waals surface area contributed by atoms with Crippen molar-refractivity contribution in [3.63, 3.8) is 0 Å². The van der Waals surface area contributed by atoms with Gasteiger partial charge >= 0.3 is 25.9 Å². The van der Waals surface area contributed by atoms with E-state index in [0.717, 1.165) is 5.39 Å². The van der Waals surface area contributed by atoms with Crippen LogP contribution in [0, 0.1) is 5.39 Å². The number of hydrogen-bond acceptors (Lipinski definition) is 8. The second-order valence-corrected chi connectivity index (χ2v) is 10.9. The van der Waals surface area contributed by atoms with Gasteiger partial charge in [0.2, 0.25) is 5.39 Å². The number of hydrogen-bond donors (Lipinski definition) is 0. The maximum atomic E-state index is 13.0. The van der Waals surface area contributed by atoms with E-state index in [4.69, 9.17) is 13.8 Å². The standard InChI is InChI=1S/C26H16N2O7S2/c27-28-23-16-15-21-22(26(23)29)8-4-10-25(21)37(32,33)35-19-13-11-18(12-14-19)34-36(30,31)24-9-3-6-17-5-1-2-7-20(17)24/h1-16H. The van der Waals surface area contributed by atoms with E-state index in [0.29, 0.717) is 5.39 Å². The zero-order chi connectivity index (χ0) is 26.2. The van der Waals surface area contributed by atoms with Crippen LogP contribution in [0.3, 0.4) is 0 Å². The Morgan fingerprint density at radius 2 is 1.11 bits per heavy atom. The van der Waals surface area contributed by atoms with Crippen LogP contribution in [0.15, 0.2) is 107 Å². The third-order valence-electron chi connectivity index (χ3n) is 5.58. The summed E-state index contributed by atoms with van der Waals surface area (Å²) >= 11 is 0. The Morgan fingerprint density at radius 3 is 1.73 bits per heavy atom. The van der Waals surface area contributed by atoms with Crippen molar-refractivity contribution in [2.24, 2.45) is 0 Å². The molecule has 0 saturated carbocycles. The fourth-order valence-corrected chi connectivity index (χ4v) is 6.20. The summed E-state index contributed by atoms with van der Waals surface area (Å²) < 4.78 is 62.3. The molecule has 5 rings (SSSR count). The van der Waals surface area contributed by atoms with Gasteiger partial charge in [0.1, 0.15) is 21.3 Å². The lowest BCUT2D eigenvalue weighted by atomic mass is 10.1. The summed E-state index contributed by atoms with van der Waals surface area (Å²) in [5, 5.41) is 22.7. The molecule has 0 aliphatic carbocycles. The molecule has 0 amide bonds. The van der Waals surface area contributed by atoms with Gasteiger partial charge in [-0.3, -0.25) is 0 Å². The molecule has 0 aromatic heterocycles. The average Bonchev–Trinajstić information content (AvgIpc) is 2.89. The van der Waals surface area contributed by atoms with Crippen molar-refractivity contribution in [3.05, 3.63) is 102 Å². The molecule has 5 aromatic rings. The molecular weight excluding hydrogens is 516 g/mol. The zero-order valence-corrected chi connectivity index (χ0v) is 20.4. The van der Waals surface area contributed by atoms with Crippen LogP contribution in [-0.4, -0.2) is 16.8 Å². The maximum Gasteiger partial charge on any atom is 0.378 e. The summed E-state index contributed by atoms with van der Waals surface area (Å²) in [7, 11) is -8.56. The lowest BCUT2D eigenvalue weighted by Crippen LogP contribution is -2.11. The van der Waals surface area contributed by atoms with Crippen molar-refractivity contribution in [3.8, 4) is 17.2 Å². The van der Waals surface area contributed by atoms with Crippen LogP contribution in [0.25, 0.3) is 26.5 Å². The summed E-state index contributed by atoms with van der Waals surface area (Å²) in [5.41, 5.74) is -0.225. The smallest absolute Gasteiger partial charge is 0.378 e. The first kappa shape index (κ1) is 24.1. The van der Waals surface area contributed by atoms with E-state index in [-0.39, 0.29) is 37.7 Å². The molecule has 9 nitrogen and oxygen atoms in total. The first-order valence-corrected chi connectivity index (χ1v) is 13.6. The number of fused-ring (bicyclic) bond motifs is 2. The van der Waals surface area contributed by atoms with Crippen molar-refractivity contribution >= 4 is 47.5 Å². The third-order valence-corrected chi connectivity index (χ3v) is 8.20. The van der Waals surface area contributed by atoms with Gasteiger partial charge < -0.3 is 13.5 Å². The summed E-state index contributed by atoms with van der Waals surface area (Å²) in [6.07, 6.45) is 0. The molecule has 5 aromatic carbocycles. The highest BCUT2D eigenvalue weighted by atomic mass is 32.2. The molecule has 0 bridgehead atoms. The van der Waals surface area contributed by atoms with Crippen LogP contribution in [0.4, 0.5) is 5.69 Å². The monoisotopic (exact) mass is 532 g/mol. The summed E-state index contributed by atoms with van der Waals surface area (Å²) in [5.74, 6) is -0.777. The van der Waals surface area contributed by atoms with E-state index < -0.39 is 26.0 Å². The van der Waals surface area contributed by atoms with Gasteiger partial charge in [0, 0.05) is 16.8 Å². The molecule has 0 fully saturated rings. The minimum Gasteiger partial charge on any atom is -0.867 e. The van der Waals surface area contributed by atoms with Crippen molar-refractivity contribution in [2.75, 3.05) is 0 Å². The number of benzene rings is 5. The van der Waals surface area contributed by atoms with Gasteiger partial charge in [0.05, 0.1) is 0 Å². The molecule has 0 atom stereocenters. The first-order valence-electron chi connectivity index (χ1n) is 10.7. The molecule has 0 spiro atoms. The highest BCUT2D eigenvalue weighted by Crippen LogP contribution is 2.36. The second-order valence-electron chi connectivity index (χ2n) is 7.89. The number of nitrogens with zero attached hydrogens (tertiary/aromatic N) is 2. The van der Waals surface area contributed by atoms with Gasteiger partial charge in [-0.05, 0) is 59.0 Å². The Morgan fingerprint density at radius 1 is 0.595 bits per heavy atom. The normalized spacial score (nSPS) is 11.8. The molecule has 0 heterocycles. The SMILES string of the molecule is N#[N+]c1ccc2c(S(=O)(=O)Oc3ccc(OS(=O)(=O)c4cccc5ccccc45)cc3)cccc2c1[O-]. The quantitative estimate of drug-likeness (QED) is 0.218. The van der Waals surface area contributed by atoms with E-state index in [1.54, 1.807) is 36.4 Å². The fraction of sp³-hybridized carbons (Fsp3) is 0. The van der Waals surface area contributed by atoms with Gasteiger partial charge in [0.25, 0.3) is 0 Å². The van der Waals surface area contributed by atoms with Crippen LogP contribution in [0.1, 0.15) is 0 Å². The summed E-state index contributed by atoms with van der Waals surface area (Å²) in [6.45, 7) is 0. The largest absolute Gasteiger partial charge is 0.867 e. The lowest BCUT2D eigenvalue weighted by Gasteiger charge is -2.13. The molecule has 37 heavy (non-hydrogen) atoms. The van der Waals surface area contributed by atoms with E-state index in [1.807, 2.05) is 0 Å². The molecular formula is C26H16N2O7S2. The molecule has 11 heteroatoms. The van der Waals surface area contributed by atoms with Crippen molar-refractivity contribution in [2.45, 2.75) is 9.79 Å². The Bertz CT molecular complexity index is 1930. The molecule has 0 aliphatic rings. The minimum absolute atomic E-state index is 0.000595. The van der Waals surface area contributed by atoms with Gasteiger partial charge in [-0.25, -0.2) is 0 Å². The fourth-order valence-electron chi connectivity index (χ4n) is 3.89. The minimum atomic E-state index is -4.38. The van der Waals surface area contributed by atoms with Crippen LogP contribution in [-0.2, 0) is 20.2 Å². The summed E-state index contributed by atoms with van der Waals surface area (Å²) in [6, 6.07) is 23.5. The van der Waals surface area contributed by atoms with Gasteiger partial charge in [-0.2, -0.15) is 16.8 Å². The molecule has 0 unspecified atom stereocenters. The van der Waals surface area contributed by atoms with E-state index in [1.165, 1.54) is 60.7 Å². The molecule has 0 saturated heterocycles. The number of rotatable bonds is 6. The number of diazo groups is 1. The molecule has 0 radical (unpaired) electrons. The lowest BCUT2D eigenvalue weighted by molar-refractivity contribution is -0.264. The Hall–Kier alpha value is -4.66. The Balaban J connectivity index is 1.41.